The smallest absolute Gasteiger partial charge is 0.369 e. The fourth-order valence-corrected chi connectivity index (χ4v) is 5.05. The molecule has 1 aromatic heterocycles. The number of hydrogen-bond donors (Lipinski definition) is 1. The first-order chi connectivity index (χ1) is 16.8. The topological polar surface area (TPSA) is 34.6 Å². The van der Waals surface area contributed by atoms with Crippen LogP contribution in [0.4, 0.5) is 24.7 Å². The largest absolute Gasteiger partial charge is 0.417 e. The number of alkyl halides is 3. The zero-order valence-corrected chi connectivity index (χ0v) is 21.0. The molecule has 0 unspecified atom stereocenters. The average Bonchev–Trinajstić information content (AvgIpc) is 2.85. The summed E-state index contributed by atoms with van der Waals surface area (Å²) >= 11 is 5.71. The van der Waals surface area contributed by atoms with Crippen LogP contribution in [0.3, 0.4) is 0 Å². The summed E-state index contributed by atoms with van der Waals surface area (Å²) in [6.45, 7) is 9.19. The van der Waals surface area contributed by atoms with E-state index in [9.17, 15) is 13.2 Å². The van der Waals surface area contributed by atoms with Gasteiger partial charge in [0.1, 0.15) is 5.82 Å². The summed E-state index contributed by atoms with van der Waals surface area (Å²) in [6.07, 6.45) is 0.300. The van der Waals surface area contributed by atoms with E-state index in [1.807, 2.05) is 0 Å². The number of halogens is 3. The summed E-state index contributed by atoms with van der Waals surface area (Å²) in [5, 5.41) is 3.26. The fourth-order valence-electron chi connectivity index (χ4n) is 4.73. The molecule has 3 heterocycles. The number of nitrogens with zero attached hydrogens (tertiary/aromatic N) is 4. The molecule has 5 nitrogen and oxygen atoms in total. The van der Waals surface area contributed by atoms with E-state index >= 15 is 0 Å². The highest BCUT2D eigenvalue weighted by Crippen LogP contribution is 2.29. The van der Waals surface area contributed by atoms with Gasteiger partial charge < -0.3 is 15.1 Å². The first kappa shape index (κ1) is 28.2. The van der Waals surface area contributed by atoms with Gasteiger partial charge in [-0.3, -0.25) is 4.90 Å². The molecule has 1 N–H and O–H groups in total. The van der Waals surface area contributed by atoms with Crippen molar-refractivity contribution in [3.63, 3.8) is 0 Å². The number of likely N-dealkylation sites (tertiary alicyclic amines) is 1. The quantitative estimate of drug-likeness (QED) is 0.461. The average molecular weight is 522 g/mol. The van der Waals surface area contributed by atoms with Gasteiger partial charge in [-0.2, -0.15) is 13.2 Å². The van der Waals surface area contributed by atoms with Gasteiger partial charge in [-0.25, -0.2) is 4.98 Å². The van der Waals surface area contributed by atoms with E-state index in [-0.39, 0.29) is 13.5 Å². The lowest BCUT2D eigenvalue weighted by Gasteiger charge is -2.37. The Balaban J connectivity index is 0.00000361. The minimum atomic E-state index is -4.36. The number of anilines is 2. The van der Waals surface area contributed by atoms with E-state index in [1.54, 1.807) is 0 Å². The van der Waals surface area contributed by atoms with Crippen LogP contribution in [0.5, 0.6) is 0 Å². The van der Waals surface area contributed by atoms with Gasteiger partial charge in [0.25, 0.3) is 0 Å². The Morgan fingerprint density at radius 1 is 1.00 bits per heavy atom. The van der Waals surface area contributed by atoms with Gasteiger partial charge in [-0.15, -0.1) is 0 Å². The zero-order valence-electron chi connectivity index (χ0n) is 20.2. The molecule has 2 aliphatic rings. The lowest BCUT2D eigenvalue weighted by atomic mass is 10.0. The summed E-state index contributed by atoms with van der Waals surface area (Å²) in [5.41, 5.74) is 1.87. The number of thiocarbonyl (C=S) groups is 1. The summed E-state index contributed by atoms with van der Waals surface area (Å²) in [5.74, 6) is 0.488. The fraction of sp³-hybridized carbons (Fsp3) is 0.556. The maximum Gasteiger partial charge on any atom is 0.417 e. The second kappa shape index (κ2) is 12.7. The van der Waals surface area contributed by atoms with Crippen LogP contribution >= 0.6 is 12.2 Å². The number of benzene rings is 1. The molecule has 0 atom stereocenters. The van der Waals surface area contributed by atoms with Crippen LogP contribution in [0, 0.1) is 6.92 Å². The van der Waals surface area contributed by atoms with Gasteiger partial charge in [0.15, 0.2) is 0 Å². The number of rotatable bonds is 7. The Kier molecular flexibility index (Phi) is 9.96. The second-order valence-electron chi connectivity index (χ2n) is 9.50. The van der Waals surface area contributed by atoms with Crippen molar-refractivity contribution < 1.29 is 13.2 Å². The van der Waals surface area contributed by atoms with Crippen molar-refractivity contribution in [2.75, 3.05) is 56.0 Å². The summed E-state index contributed by atoms with van der Waals surface area (Å²) < 4.78 is 38.1. The molecule has 0 spiro atoms. The highest BCUT2D eigenvalue weighted by molar-refractivity contribution is 7.80. The van der Waals surface area contributed by atoms with Gasteiger partial charge >= 0.3 is 6.18 Å². The van der Waals surface area contributed by atoms with Gasteiger partial charge in [0.05, 0.1) is 10.6 Å². The SMILES string of the molecule is C.Cc1ccc(N2CCN(CCCC(=S)N3CCC(Nc4ccc(C(F)(F)F)cn4)CC3)CC2)cc1. The van der Waals surface area contributed by atoms with Crippen molar-refractivity contribution in [2.24, 2.45) is 0 Å². The Hall–Kier alpha value is -2.39. The molecule has 2 fully saturated rings. The molecule has 2 saturated heterocycles. The van der Waals surface area contributed by atoms with E-state index in [0.717, 1.165) is 88.7 Å². The monoisotopic (exact) mass is 521 g/mol. The lowest BCUT2D eigenvalue weighted by molar-refractivity contribution is -0.137. The third-order valence-corrected chi connectivity index (χ3v) is 7.39. The Morgan fingerprint density at radius 3 is 2.25 bits per heavy atom. The van der Waals surface area contributed by atoms with E-state index in [0.29, 0.717) is 5.82 Å². The zero-order chi connectivity index (χ0) is 24.8. The first-order valence-electron chi connectivity index (χ1n) is 12.4. The van der Waals surface area contributed by atoms with Crippen molar-refractivity contribution in [2.45, 2.75) is 52.3 Å². The highest BCUT2D eigenvalue weighted by atomic mass is 32.1. The predicted molar refractivity (Wildman–Crippen MR) is 146 cm³/mol. The van der Waals surface area contributed by atoms with Gasteiger partial charge in [-0.05, 0) is 63.4 Å². The minimum absolute atomic E-state index is 0. The number of piperazine rings is 1. The molecular weight excluding hydrogens is 483 g/mol. The predicted octanol–water partition coefficient (Wildman–Crippen LogP) is 5.85. The molecule has 0 bridgehead atoms. The molecule has 2 aromatic rings. The molecule has 0 radical (unpaired) electrons. The van der Waals surface area contributed by atoms with Crippen LogP contribution in [0.1, 0.15) is 44.2 Å². The van der Waals surface area contributed by atoms with E-state index < -0.39 is 11.7 Å². The standard InChI is InChI=1S/C26H34F3N5S.CH4/c1-20-4-7-23(8-5-20)33-17-15-32(16-18-33)12-2-3-25(35)34-13-10-22(11-14-34)31-24-9-6-21(19-30-24)26(27,28)29;/h4-9,19,22H,2-3,10-18H2,1H3,(H,30,31);1H4. The molecule has 0 aliphatic carbocycles. The van der Waals surface area contributed by atoms with Crippen LogP contribution in [0.15, 0.2) is 42.6 Å². The van der Waals surface area contributed by atoms with Crippen LogP contribution in [-0.2, 0) is 6.18 Å². The maximum absolute atomic E-state index is 12.7. The number of pyridine rings is 1. The lowest BCUT2D eigenvalue weighted by Crippen LogP contribution is -2.47. The van der Waals surface area contributed by atoms with Crippen LogP contribution < -0.4 is 10.2 Å². The van der Waals surface area contributed by atoms with E-state index in [1.165, 1.54) is 17.3 Å². The number of aryl methyl sites for hydroxylation is 1. The molecule has 4 rings (SSSR count). The van der Waals surface area contributed by atoms with Crippen molar-refractivity contribution in [3.05, 3.63) is 53.7 Å². The highest BCUT2D eigenvalue weighted by Gasteiger charge is 2.31. The molecule has 1 aromatic carbocycles. The number of hydrogen-bond acceptors (Lipinski definition) is 5. The van der Waals surface area contributed by atoms with Crippen molar-refractivity contribution in [3.8, 4) is 0 Å². The van der Waals surface area contributed by atoms with Crippen LogP contribution in [0.2, 0.25) is 0 Å². The van der Waals surface area contributed by atoms with Crippen molar-refractivity contribution in [1.82, 2.24) is 14.8 Å². The van der Waals surface area contributed by atoms with E-state index in [4.69, 9.17) is 12.2 Å². The molecule has 36 heavy (non-hydrogen) atoms. The van der Waals surface area contributed by atoms with Gasteiger partial charge in [0.2, 0.25) is 0 Å². The maximum atomic E-state index is 12.7. The molecule has 2 aliphatic heterocycles. The summed E-state index contributed by atoms with van der Waals surface area (Å²) in [6, 6.07) is 11.4. The Morgan fingerprint density at radius 2 is 1.67 bits per heavy atom. The van der Waals surface area contributed by atoms with E-state index in [2.05, 4.69) is 56.2 Å². The number of aromatic nitrogens is 1. The third-order valence-electron chi connectivity index (χ3n) is 6.93. The van der Waals surface area contributed by atoms with Crippen molar-refractivity contribution in [1.29, 1.82) is 0 Å². The van der Waals surface area contributed by atoms with Crippen LogP contribution in [0.25, 0.3) is 0 Å². The Labute approximate surface area is 218 Å². The molecule has 0 amide bonds. The molecular formula is C27H38F3N5S. The molecule has 0 saturated carbocycles. The molecule has 198 valence electrons. The second-order valence-corrected chi connectivity index (χ2v) is 9.97. The van der Waals surface area contributed by atoms with Crippen molar-refractivity contribution >= 4 is 28.7 Å². The Bertz CT molecular complexity index is 949. The van der Waals surface area contributed by atoms with Gasteiger partial charge in [0, 0.05) is 57.2 Å². The molecule has 9 heteroatoms. The van der Waals surface area contributed by atoms with Gasteiger partial charge in [-0.1, -0.05) is 37.3 Å². The summed E-state index contributed by atoms with van der Waals surface area (Å²) in [4.78, 5) is 12.2. The summed E-state index contributed by atoms with van der Waals surface area (Å²) in [7, 11) is 0. The number of piperidine rings is 1. The first-order valence-corrected chi connectivity index (χ1v) is 12.8. The number of nitrogens with one attached hydrogen (secondary N) is 1. The normalized spacial score (nSPS) is 17.6. The van der Waals surface area contributed by atoms with Crippen LogP contribution in [-0.4, -0.2) is 71.6 Å². The third kappa shape index (κ3) is 7.80. The minimum Gasteiger partial charge on any atom is -0.369 e.